The van der Waals surface area contributed by atoms with Crippen molar-refractivity contribution in [1.82, 2.24) is 0 Å². The molecular formula is C9H10ClFO3S. The van der Waals surface area contributed by atoms with Gasteiger partial charge in [0.2, 0.25) is 9.05 Å². The molecule has 0 amide bonds. The number of benzene rings is 1. The lowest BCUT2D eigenvalue weighted by Gasteiger charge is -2.09. The number of rotatable bonds is 3. The van der Waals surface area contributed by atoms with Crippen molar-refractivity contribution in [2.75, 3.05) is 7.11 Å². The second kappa shape index (κ2) is 4.37. The molecule has 0 heterocycles. The summed E-state index contributed by atoms with van der Waals surface area (Å²) < 4.78 is 40.0. The van der Waals surface area contributed by atoms with Gasteiger partial charge in [0.25, 0.3) is 0 Å². The van der Waals surface area contributed by atoms with Gasteiger partial charge in [-0.05, 0) is 24.6 Å². The Morgan fingerprint density at radius 2 is 2.07 bits per heavy atom. The molecule has 15 heavy (non-hydrogen) atoms. The van der Waals surface area contributed by atoms with Gasteiger partial charge in [-0.3, -0.25) is 0 Å². The van der Waals surface area contributed by atoms with E-state index in [9.17, 15) is 12.8 Å². The number of methoxy groups -OCH3 is 1. The Bertz CT molecular complexity index is 458. The number of hydrogen-bond donors (Lipinski definition) is 0. The topological polar surface area (TPSA) is 43.4 Å². The highest BCUT2D eigenvalue weighted by molar-refractivity contribution is 8.13. The summed E-state index contributed by atoms with van der Waals surface area (Å²) in [5.41, 5.74) is 0.295. The van der Waals surface area contributed by atoms with Crippen molar-refractivity contribution in [1.29, 1.82) is 0 Å². The third kappa shape index (κ3) is 2.82. The quantitative estimate of drug-likeness (QED) is 0.776. The molecule has 1 aromatic rings. The molecule has 0 aliphatic rings. The highest BCUT2D eigenvalue weighted by atomic mass is 35.7. The molecule has 0 saturated carbocycles. The molecule has 84 valence electrons. The van der Waals surface area contributed by atoms with E-state index in [0.29, 0.717) is 5.56 Å². The predicted molar refractivity (Wildman–Crippen MR) is 56.1 cm³/mol. The van der Waals surface area contributed by atoms with Gasteiger partial charge < -0.3 is 4.74 Å². The lowest BCUT2D eigenvalue weighted by atomic mass is 10.1. The fraction of sp³-hybridized carbons (Fsp3) is 0.333. The minimum Gasteiger partial charge on any atom is -0.494 e. The van der Waals surface area contributed by atoms with E-state index in [0.717, 1.165) is 6.07 Å². The third-order valence-corrected chi connectivity index (χ3v) is 3.99. The first-order valence-electron chi connectivity index (χ1n) is 4.13. The van der Waals surface area contributed by atoms with E-state index in [1.54, 1.807) is 0 Å². The summed E-state index contributed by atoms with van der Waals surface area (Å²) in [6, 6.07) is 3.93. The van der Waals surface area contributed by atoms with Crippen molar-refractivity contribution in [3.05, 3.63) is 29.6 Å². The lowest BCUT2D eigenvalue weighted by molar-refractivity contribution is 0.386. The van der Waals surface area contributed by atoms with Crippen LogP contribution in [-0.4, -0.2) is 15.5 Å². The zero-order chi connectivity index (χ0) is 11.6. The van der Waals surface area contributed by atoms with Crippen LogP contribution in [0.1, 0.15) is 17.7 Å². The van der Waals surface area contributed by atoms with E-state index in [-0.39, 0.29) is 5.75 Å². The van der Waals surface area contributed by atoms with Gasteiger partial charge in [0.1, 0.15) is 0 Å². The second-order valence-corrected chi connectivity index (χ2v) is 5.96. The molecule has 0 N–H and O–H groups in total. The first-order chi connectivity index (χ1) is 6.86. The molecule has 1 rings (SSSR count). The van der Waals surface area contributed by atoms with Crippen LogP contribution >= 0.6 is 10.7 Å². The zero-order valence-electron chi connectivity index (χ0n) is 8.20. The van der Waals surface area contributed by atoms with Gasteiger partial charge in [0.15, 0.2) is 11.6 Å². The SMILES string of the molecule is COc1ccc(C(C)S(=O)(=O)Cl)cc1F. The molecule has 0 spiro atoms. The van der Waals surface area contributed by atoms with Gasteiger partial charge in [-0.25, -0.2) is 12.8 Å². The number of hydrogen-bond acceptors (Lipinski definition) is 3. The summed E-state index contributed by atoms with van der Waals surface area (Å²) in [6.45, 7) is 1.39. The summed E-state index contributed by atoms with van der Waals surface area (Å²) in [7, 11) is 2.77. The molecule has 3 nitrogen and oxygen atoms in total. The van der Waals surface area contributed by atoms with Crippen LogP contribution in [0.25, 0.3) is 0 Å². The molecule has 1 aromatic carbocycles. The van der Waals surface area contributed by atoms with Crippen LogP contribution in [0.2, 0.25) is 0 Å². The molecular weight excluding hydrogens is 243 g/mol. The van der Waals surface area contributed by atoms with Gasteiger partial charge in [0.05, 0.1) is 12.4 Å². The Morgan fingerprint density at radius 1 is 1.47 bits per heavy atom. The van der Waals surface area contributed by atoms with E-state index in [4.69, 9.17) is 15.4 Å². The first kappa shape index (κ1) is 12.3. The maximum absolute atomic E-state index is 13.2. The maximum Gasteiger partial charge on any atom is 0.239 e. The van der Waals surface area contributed by atoms with Crippen LogP contribution in [-0.2, 0) is 9.05 Å². The Hall–Kier alpha value is -0.810. The standard InChI is InChI=1S/C9H10ClFO3S/c1-6(15(10,12)13)7-3-4-9(14-2)8(11)5-7/h3-6H,1-2H3. The van der Waals surface area contributed by atoms with Crippen LogP contribution in [0.3, 0.4) is 0 Å². The molecule has 0 aromatic heterocycles. The van der Waals surface area contributed by atoms with Gasteiger partial charge in [-0.15, -0.1) is 0 Å². The van der Waals surface area contributed by atoms with Crippen LogP contribution in [0, 0.1) is 5.82 Å². The lowest BCUT2D eigenvalue weighted by Crippen LogP contribution is -2.03. The molecule has 1 atom stereocenters. The number of halogens is 2. The third-order valence-electron chi connectivity index (χ3n) is 2.07. The van der Waals surface area contributed by atoms with Crippen LogP contribution in [0.15, 0.2) is 18.2 Å². The van der Waals surface area contributed by atoms with Crippen molar-refractivity contribution in [2.45, 2.75) is 12.2 Å². The van der Waals surface area contributed by atoms with Crippen molar-refractivity contribution >= 4 is 19.7 Å². The molecule has 6 heteroatoms. The highest BCUT2D eigenvalue weighted by Gasteiger charge is 2.20. The smallest absolute Gasteiger partial charge is 0.239 e. The van der Waals surface area contributed by atoms with E-state index >= 15 is 0 Å². The van der Waals surface area contributed by atoms with Crippen molar-refractivity contribution in [2.24, 2.45) is 0 Å². The highest BCUT2D eigenvalue weighted by Crippen LogP contribution is 2.28. The summed E-state index contributed by atoms with van der Waals surface area (Å²) in [6.07, 6.45) is 0. The van der Waals surface area contributed by atoms with E-state index < -0.39 is 20.1 Å². The van der Waals surface area contributed by atoms with Gasteiger partial charge >= 0.3 is 0 Å². The monoisotopic (exact) mass is 252 g/mol. The van der Waals surface area contributed by atoms with Gasteiger partial charge in [-0.1, -0.05) is 6.07 Å². The molecule has 0 aliphatic carbocycles. The summed E-state index contributed by atoms with van der Waals surface area (Å²) in [4.78, 5) is 0. The normalized spacial score (nSPS) is 13.6. The Kier molecular flexibility index (Phi) is 3.57. The van der Waals surface area contributed by atoms with E-state index in [1.807, 2.05) is 0 Å². The minimum atomic E-state index is -3.73. The molecule has 0 radical (unpaired) electrons. The van der Waals surface area contributed by atoms with Gasteiger partial charge in [0, 0.05) is 10.7 Å². The van der Waals surface area contributed by atoms with Crippen LogP contribution < -0.4 is 4.74 Å². The maximum atomic E-state index is 13.2. The average molecular weight is 253 g/mol. The Morgan fingerprint density at radius 3 is 2.47 bits per heavy atom. The predicted octanol–water partition coefficient (Wildman–Crippen LogP) is 2.46. The summed E-state index contributed by atoms with van der Waals surface area (Å²) in [5.74, 6) is -0.542. The summed E-state index contributed by atoms with van der Waals surface area (Å²) in [5, 5.41) is -0.945. The van der Waals surface area contributed by atoms with E-state index in [1.165, 1.54) is 26.2 Å². The summed E-state index contributed by atoms with van der Waals surface area (Å²) >= 11 is 0. The van der Waals surface area contributed by atoms with Crippen molar-refractivity contribution in [3.8, 4) is 5.75 Å². The molecule has 0 fully saturated rings. The second-order valence-electron chi connectivity index (χ2n) is 3.01. The largest absolute Gasteiger partial charge is 0.494 e. The zero-order valence-corrected chi connectivity index (χ0v) is 9.77. The van der Waals surface area contributed by atoms with Crippen molar-refractivity contribution < 1.29 is 17.5 Å². The molecule has 0 saturated heterocycles. The molecule has 0 bridgehead atoms. The first-order valence-corrected chi connectivity index (χ1v) is 6.50. The Balaban J connectivity index is 3.13. The number of ether oxygens (including phenoxy) is 1. The van der Waals surface area contributed by atoms with Crippen LogP contribution in [0.5, 0.6) is 5.75 Å². The fourth-order valence-electron chi connectivity index (χ4n) is 1.10. The molecule has 0 aliphatic heterocycles. The van der Waals surface area contributed by atoms with Crippen LogP contribution in [0.4, 0.5) is 4.39 Å². The van der Waals surface area contributed by atoms with E-state index in [2.05, 4.69) is 0 Å². The Labute approximate surface area is 92.2 Å². The molecule has 1 unspecified atom stereocenters. The average Bonchev–Trinajstić information content (AvgIpc) is 2.15. The van der Waals surface area contributed by atoms with Crippen molar-refractivity contribution in [3.63, 3.8) is 0 Å². The van der Waals surface area contributed by atoms with Gasteiger partial charge in [-0.2, -0.15) is 0 Å². The minimum absolute atomic E-state index is 0.0675. The fourth-order valence-corrected chi connectivity index (χ4v) is 1.88.